The van der Waals surface area contributed by atoms with E-state index in [2.05, 4.69) is 58.6 Å². The quantitative estimate of drug-likeness (QED) is 0.129. The first kappa shape index (κ1) is 29.8. The molecule has 10 rings (SSSR count). The number of ether oxygens (including phenoxy) is 2. The second kappa shape index (κ2) is 10.7. The number of H-pyrrole nitrogens is 1. The second-order valence-electron chi connectivity index (χ2n) is 14.0. The lowest BCUT2D eigenvalue weighted by molar-refractivity contribution is -0.146. The first-order chi connectivity index (χ1) is 24.8. The van der Waals surface area contributed by atoms with Gasteiger partial charge in [-0.25, -0.2) is 9.97 Å². The number of carbonyl (C=O) groups is 2. The van der Waals surface area contributed by atoms with Crippen LogP contribution in [-0.2, 0) is 26.2 Å². The number of oxazole rings is 2. The van der Waals surface area contributed by atoms with Crippen LogP contribution in [0.5, 0.6) is 5.75 Å². The number of nitrogens with zero attached hydrogens (tertiary/aromatic N) is 2. The predicted octanol–water partition coefficient (Wildman–Crippen LogP) is 7.04. The largest absolute Gasteiger partial charge is 0.469 e. The number of amides is 1. The summed E-state index contributed by atoms with van der Waals surface area (Å²) in [5, 5.41) is 7.97. The van der Waals surface area contributed by atoms with E-state index >= 15 is 0 Å². The molecular weight excluding hydrogens is 646 g/mol. The molecule has 11 heteroatoms. The lowest BCUT2D eigenvalue weighted by Crippen LogP contribution is -2.40. The number of hydrogen-bond donors (Lipinski definition) is 3. The van der Waals surface area contributed by atoms with Crippen LogP contribution < -0.4 is 15.4 Å². The number of nitrogens with one attached hydrogen (secondary N) is 3. The average Bonchev–Trinajstić information content (AvgIpc) is 3.95. The number of aromatic nitrogens is 3. The molecule has 0 saturated carbocycles. The number of aromatic amines is 1. The molecule has 0 saturated heterocycles. The number of para-hydroxylation sites is 1. The van der Waals surface area contributed by atoms with Gasteiger partial charge < -0.3 is 33.9 Å². The van der Waals surface area contributed by atoms with Gasteiger partial charge in [0.25, 0.3) is 0 Å². The fraction of sp³-hybridized carbons (Fsp3) is 0.250. The molecule has 3 N–H and O–H groups in total. The molecule has 1 spiro atoms. The van der Waals surface area contributed by atoms with Crippen LogP contribution >= 0.6 is 0 Å². The highest BCUT2D eigenvalue weighted by Crippen LogP contribution is 2.61. The van der Waals surface area contributed by atoms with E-state index in [0.29, 0.717) is 35.3 Å². The van der Waals surface area contributed by atoms with Crippen molar-refractivity contribution in [1.82, 2.24) is 20.3 Å². The lowest BCUT2D eigenvalue weighted by atomic mass is 9.72. The van der Waals surface area contributed by atoms with Crippen LogP contribution in [0.1, 0.15) is 54.7 Å². The summed E-state index contributed by atoms with van der Waals surface area (Å²) in [6.45, 7) is 7.69. The summed E-state index contributed by atoms with van der Waals surface area (Å²) in [4.78, 5) is 40.3. The average molecular weight is 680 g/mol. The maximum absolute atomic E-state index is 14.1. The standard InChI is InChI=1S/C40H33N5O6/c1-4-13-48-30(46)16-21-14-20-11-12-28-26(15-20)40-25-9-5-8-23(33(25)45-39(40)50-28)22-7-6-10-27-31(22)24(17-41-27)29-18-42-37(49-29)34-35(40)51-38(44-34)32(19(2)3)43-36(21)47/h4-12,15,17-19,21,32,39,41,45H,1,13-14,16H2,2-3H3,(H,43,47)/t21-,32+,39+,40?/m1/s1. The minimum atomic E-state index is -1.02. The number of rotatable bonds is 5. The number of fused-ring (bicyclic) bond motifs is 7. The zero-order valence-electron chi connectivity index (χ0n) is 27.9. The maximum Gasteiger partial charge on any atom is 0.306 e. The number of benzene rings is 3. The number of carbonyl (C=O) groups excluding carboxylic acids is 2. The van der Waals surface area contributed by atoms with Crippen LogP contribution in [0, 0.1) is 11.8 Å². The summed E-state index contributed by atoms with van der Waals surface area (Å²) in [5.74, 6) is 0.738. The normalized spacial score (nSPS) is 21.9. The van der Waals surface area contributed by atoms with Gasteiger partial charge in [0.15, 0.2) is 23.4 Å². The Morgan fingerprint density at radius 1 is 1.08 bits per heavy atom. The molecule has 3 aromatic carbocycles. The molecule has 11 nitrogen and oxygen atoms in total. The van der Waals surface area contributed by atoms with E-state index in [9.17, 15) is 9.59 Å². The van der Waals surface area contributed by atoms with Crippen molar-refractivity contribution in [1.29, 1.82) is 0 Å². The molecule has 4 aliphatic heterocycles. The van der Waals surface area contributed by atoms with E-state index in [1.54, 1.807) is 6.20 Å². The van der Waals surface area contributed by atoms with Crippen molar-refractivity contribution in [2.24, 2.45) is 11.8 Å². The van der Waals surface area contributed by atoms with E-state index in [0.717, 1.165) is 50.0 Å². The highest BCUT2D eigenvalue weighted by atomic mass is 16.5. The Balaban J connectivity index is 1.28. The van der Waals surface area contributed by atoms with Gasteiger partial charge in [-0.05, 0) is 35.6 Å². The van der Waals surface area contributed by atoms with Crippen molar-refractivity contribution < 1.29 is 27.9 Å². The minimum absolute atomic E-state index is 0.0697. The molecule has 51 heavy (non-hydrogen) atoms. The van der Waals surface area contributed by atoms with Gasteiger partial charge in [-0.1, -0.05) is 69.0 Å². The Kier molecular flexibility index (Phi) is 6.25. The molecule has 7 heterocycles. The third-order valence-corrected chi connectivity index (χ3v) is 10.7. The zero-order chi connectivity index (χ0) is 34.6. The van der Waals surface area contributed by atoms with E-state index in [1.807, 2.05) is 38.2 Å². The van der Waals surface area contributed by atoms with Crippen LogP contribution in [0.25, 0.3) is 44.9 Å². The van der Waals surface area contributed by atoms with Gasteiger partial charge in [-0.15, -0.1) is 0 Å². The summed E-state index contributed by atoms with van der Waals surface area (Å²) < 4.78 is 25.7. The van der Waals surface area contributed by atoms with Gasteiger partial charge >= 0.3 is 5.97 Å². The molecule has 4 aliphatic rings. The van der Waals surface area contributed by atoms with Crippen LogP contribution in [0.2, 0.25) is 0 Å². The molecule has 254 valence electrons. The topological polar surface area (TPSA) is 145 Å². The summed E-state index contributed by atoms with van der Waals surface area (Å²) in [5.41, 5.74) is 6.87. The lowest BCUT2D eigenvalue weighted by Gasteiger charge is -2.28. The van der Waals surface area contributed by atoms with Crippen LogP contribution in [0.15, 0.2) is 88.5 Å². The van der Waals surface area contributed by atoms with Crippen molar-refractivity contribution in [3.05, 3.63) is 108 Å². The summed E-state index contributed by atoms with van der Waals surface area (Å²) in [7, 11) is 0. The Labute approximate surface area is 292 Å². The van der Waals surface area contributed by atoms with Gasteiger partial charge in [0.05, 0.1) is 18.5 Å². The van der Waals surface area contributed by atoms with E-state index < -0.39 is 29.6 Å². The van der Waals surface area contributed by atoms with Crippen molar-refractivity contribution in [3.63, 3.8) is 0 Å². The highest BCUT2D eigenvalue weighted by molar-refractivity contribution is 6.07. The molecule has 6 aromatic rings. The van der Waals surface area contributed by atoms with Crippen molar-refractivity contribution in [3.8, 4) is 39.8 Å². The third kappa shape index (κ3) is 4.11. The summed E-state index contributed by atoms with van der Waals surface area (Å²) >= 11 is 0. The molecule has 3 aromatic heterocycles. The predicted molar refractivity (Wildman–Crippen MR) is 188 cm³/mol. The smallest absolute Gasteiger partial charge is 0.306 e. The van der Waals surface area contributed by atoms with Gasteiger partial charge in [-0.3, -0.25) is 9.59 Å². The maximum atomic E-state index is 14.1. The highest BCUT2D eigenvalue weighted by Gasteiger charge is 2.61. The first-order valence-corrected chi connectivity index (χ1v) is 17.2. The fourth-order valence-electron chi connectivity index (χ4n) is 8.38. The third-order valence-electron chi connectivity index (χ3n) is 10.7. The van der Waals surface area contributed by atoms with Crippen molar-refractivity contribution in [2.45, 2.75) is 44.4 Å². The van der Waals surface area contributed by atoms with Crippen molar-refractivity contribution >= 4 is 28.5 Å². The van der Waals surface area contributed by atoms with Gasteiger partial charge in [0.1, 0.15) is 23.8 Å². The second-order valence-corrected chi connectivity index (χ2v) is 14.0. The summed E-state index contributed by atoms with van der Waals surface area (Å²) in [6, 6.07) is 17.8. The molecule has 1 amide bonds. The number of anilines is 1. The Morgan fingerprint density at radius 2 is 1.94 bits per heavy atom. The molecular formula is C40H33N5O6. The Hall–Kier alpha value is -6.10. The van der Waals surface area contributed by atoms with Crippen molar-refractivity contribution in [2.75, 3.05) is 11.9 Å². The van der Waals surface area contributed by atoms with Crippen LogP contribution in [0.3, 0.4) is 0 Å². The van der Waals surface area contributed by atoms with Crippen LogP contribution in [-0.4, -0.2) is 39.7 Å². The number of esters is 1. The molecule has 10 bridgehead atoms. The fourth-order valence-corrected chi connectivity index (χ4v) is 8.38. The van der Waals surface area contributed by atoms with Gasteiger partial charge in [-0.2, -0.15) is 0 Å². The van der Waals surface area contributed by atoms with E-state index in [4.69, 9.17) is 28.3 Å². The van der Waals surface area contributed by atoms with E-state index in [1.165, 1.54) is 6.08 Å². The molecule has 0 aliphatic carbocycles. The van der Waals surface area contributed by atoms with Gasteiger partial charge in [0.2, 0.25) is 17.7 Å². The van der Waals surface area contributed by atoms with E-state index in [-0.39, 0.29) is 30.7 Å². The van der Waals surface area contributed by atoms with Crippen LogP contribution in [0.4, 0.5) is 5.69 Å². The monoisotopic (exact) mass is 679 g/mol. The zero-order valence-corrected chi connectivity index (χ0v) is 27.9. The minimum Gasteiger partial charge on any atom is -0.469 e. The van der Waals surface area contributed by atoms with Gasteiger partial charge in [0, 0.05) is 45.0 Å². The number of hydrogen-bond acceptors (Lipinski definition) is 9. The molecule has 0 radical (unpaired) electrons. The Morgan fingerprint density at radius 3 is 2.80 bits per heavy atom. The summed E-state index contributed by atoms with van der Waals surface area (Å²) in [6.07, 6.45) is 4.76. The Bertz CT molecular complexity index is 2450. The molecule has 0 fully saturated rings. The SMILES string of the molecule is C=CCOC(=O)C[C@H]1Cc2ccc3c(c2)C24c5cccc(c5N[C@H]2O3)-c2cccc3[nH]cc(c23)-c2cnc(o2)-c2nc(oc24)[C@H](C(C)C)NC1=O. The molecule has 4 atom stereocenters. The molecule has 1 unspecified atom stereocenters. The first-order valence-electron chi connectivity index (χ1n) is 17.2.